The molecule has 2 N–H and O–H groups in total. The molecule has 0 aliphatic carbocycles. The molecular weight excluding hydrogens is 575 g/mol. The molecule has 178 valence electrons. The number of sulfone groups is 1. The van der Waals surface area contributed by atoms with Crippen LogP contribution in [0.25, 0.3) is 11.0 Å². The van der Waals surface area contributed by atoms with E-state index < -0.39 is 30.8 Å². The van der Waals surface area contributed by atoms with E-state index in [9.17, 15) is 13.2 Å². The first-order valence-corrected chi connectivity index (χ1v) is 16.6. The highest BCUT2D eigenvalue weighted by atomic mass is 127. The Labute approximate surface area is 211 Å². The Kier molecular flexibility index (Phi) is 6.51. The lowest BCUT2D eigenvalue weighted by molar-refractivity contribution is 0.0898. The number of rotatable bonds is 9. The number of ether oxygens (including phenoxy) is 1. The largest absolute Gasteiger partial charge is 0.361 e. The van der Waals surface area contributed by atoms with Crippen LogP contribution in [-0.2, 0) is 21.3 Å². The van der Waals surface area contributed by atoms with Crippen molar-refractivity contribution >= 4 is 68.9 Å². The summed E-state index contributed by atoms with van der Waals surface area (Å²) in [6, 6.07) is 3.89. The average molecular weight is 606 g/mol. The van der Waals surface area contributed by atoms with Gasteiger partial charge in [0.15, 0.2) is 21.3 Å². The SMILES string of the molecule is [2H]C([2H])([2H])NC(=O)c1nnccc1Nc1nc2c(cc1S(C)(=O)=O)c(I)cn2COCC[Si](C)(C)C. The maximum absolute atomic E-state index is 12.6. The zero-order valence-electron chi connectivity index (χ0n) is 21.6. The fourth-order valence-corrected chi connectivity index (χ4v) is 5.22. The summed E-state index contributed by atoms with van der Waals surface area (Å²) in [6.07, 6.45) is 4.16. The van der Waals surface area contributed by atoms with Gasteiger partial charge in [0, 0.05) is 47.2 Å². The second-order valence-electron chi connectivity index (χ2n) is 8.65. The smallest absolute Gasteiger partial charge is 0.273 e. The van der Waals surface area contributed by atoms with Crippen LogP contribution in [0.2, 0.25) is 25.7 Å². The highest BCUT2D eigenvalue weighted by molar-refractivity contribution is 14.1. The van der Waals surface area contributed by atoms with Crippen molar-refractivity contribution in [3.8, 4) is 0 Å². The fraction of sp³-hybridized carbons (Fsp3) is 0.400. The molecule has 3 aromatic heterocycles. The number of carbonyl (C=O) groups is 1. The normalized spacial score (nSPS) is 13.9. The highest BCUT2D eigenvalue weighted by Crippen LogP contribution is 2.31. The van der Waals surface area contributed by atoms with E-state index in [1.807, 2.05) is 11.5 Å². The van der Waals surface area contributed by atoms with E-state index in [0.29, 0.717) is 17.6 Å². The van der Waals surface area contributed by atoms with E-state index >= 15 is 0 Å². The minimum Gasteiger partial charge on any atom is -0.361 e. The quantitative estimate of drug-likeness (QED) is 0.216. The van der Waals surface area contributed by atoms with Gasteiger partial charge in [0.25, 0.3) is 5.91 Å². The number of hydrogen-bond donors (Lipinski definition) is 2. The van der Waals surface area contributed by atoms with Gasteiger partial charge in [0.05, 0.1) is 11.9 Å². The van der Waals surface area contributed by atoms with Gasteiger partial charge in [-0.25, -0.2) is 13.4 Å². The Morgan fingerprint density at radius 1 is 1.36 bits per heavy atom. The summed E-state index contributed by atoms with van der Waals surface area (Å²) in [4.78, 5) is 16.9. The molecule has 0 fully saturated rings. The monoisotopic (exact) mass is 605 g/mol. The van der Waals surface area contributed by atoms with Crippen molar-refractivity contribution in [1.82, 2.24) is 25.1 Å². The number of aromatic nitrogens is 4. The van der Waals surface area contributed by atoms with E-state index in [4.69, 9.17) is 8.85 Å². The Balaban J connectivity index is 2.03. The number of fused-ring (bicyclic) bond motifs is 1. The van der Waals surface area contributed by atoms with Crippen LogP contribution in [0, 0.1) is 3.57 Å². The van der Waals surface area contributed by atoms with Gasteiger partial charge in [0.2, 0.25) is 0 Å². The second kappa shape index (κ2) is 10.0. The van der Waals surface area contributed by atoms with Gasteiger partial charge in [0.1, 0.15) is 17.3 Å². The molecule has 1 amide bonds. The van der Waals surface area contributed by atoms with Gasteiger partial charge in [-0.2, -0.15) is 5.10 Å². The Bertz CT molecular complexity index is 1390. The number of carbonyl (C=O) groups excluding carboxylic acids is 1. The molecular formula is C20H27IN6O4SSi. The molecule has 3 heterocycles. The molecule has 13 heteroatoms. The maximum atomic E-state index is 12.6. The van der Waals surface area contributed by atoms with E-state index in [1.165, 1.54) is 18.3 Å². The Hall–Kier alpha value is -2.10. The Morgan fingerprint density at radius 2 is 2.12 bits per heavy atom. The summed E-state index contributed by atoms with van der Waals surface area (Å²) in [5, 5.41) is 12.7. The molecule has 0 aliphatic rings. The minimum absolute atomic E-state index is 0.0428. The molecule has 0 bridgehead atoms. The van der Waals surface area contributed by atoms with E-state index in [-0.39, 0.29) is 28.8 Å². The number of hydrogen-bond acceptors (Lipinski definition) is 8. The molecule has 0 aromatic carbocycles. The third kappa shape index (κ3) is 6.27. The molecule has 0 aliphatic heterocycles. The van der Waals surface area contributed by atoms with Crippen LogP contribution < -0.4 is 10.6 Å². The zero-order chi connectivity index (χ0) is 26.9. The zero-order valence-corrected chi connectivity index (χ0v) is 22.6. The summed E-state index contributed by atoms with van der Waals surface area (Å²) in [5.74, 6) is -1.04. The predicted molar refractivity (Wildman–Crippen MR) is 138 cm³/mol. The molecule has 10 nitrogen and oxygen atoms in total. The van der Waals surface area contributed by atoms with Crippen molar-refractivity contribution in [3.63, 3.8) is 0 Å². The van der Waals surface area contributed by atoms with Gasteiger partial charge in [-0.05, 0) is 40.8 Å². The van der Waals surface area contributed by atoms with Gasteiger partial charge >= 0.3 is 0 Å². The van der Waals surface area contributed by atoms with Gasteiger partial charge in [-0.3, -0.25) is 4.79 Å². The van der Waals surface area contributed by atoms with Crippen molar-refractivity contribution in [2.75, 3.05) is 25.2 Å². The molecule has 0 spiro atoms. The predicted octanol–water partition coefficient (Wildman–Crippen LogP) is 3.25. The van der Waals surface area contributed by atoms with Crippen molar-refractivity contribution in [3.05, 3.63) is 33.8 Å². The maximum Gasteiger partial charge on any atom is 0.273 e. The number of amides is 1. The summed E-state index contributed by atoms with van der Waals surface area (Å²) in [6.45, 7) is 4.88. The topological polar surface area (TPSA) is 128 Å². The van der Waals surface area contributed by atoms with E-state index in [0.717, 1.165) is 15.9 Å². The van der Waals surface area contributed by atoms with E-state index in [1.54, 1.807) is 4.57 Å². The minimum atomic E-state index is -3.74. The molecule has 0 atom stereocenters. The van der Waals surface area contributed by atoms with Crippen LogP contribution in [-0.4, -0.2) is 62.0 Å². The highest BCUT2D eigenvalue weighted by Gasteiger charge is 2.22. The van der Waals surface area contributed by atoms with Crippen molar-refractivity contribution in [2.24, 2.45) is 0 Å². The summed E-state index contributed by atoms with van der Waals surface area (Å²) in [5.41, 5.74) is 0.204. The second-order valence-corrected chi connectivity index (χ2v) is 17.4. The summed E-state index contributed by atoms with van der Waals surface area (Å²) < 4.78 is 55.5. The van der Waals surface area contributed by atoms with Crippen molar-refractivity contribution < 1.29 is 22.1 Å². The Morgan fingerprint density at radius 3 is 2.79 bits per heavy atom. The summed E-state index contributed by atoms with van der Waals surface area (Å²) in [7, 11) is -5.00. The van der Waals surface area contributed by atoms with Crippen LogP contribution in [0.15, 0.2) is 29.4 Å². The lowest BCUT2D eigenvalue weighted by Crippen LogP contribution is -2.22. The third-order valence-corrected chi connectivity index (χ3v) is 8.37. The van der Waals surface area contributed by atoms with Crippen molar-refractivity contribution in [1.29, 1.82) is 0 Å². The number of nitrogens with zero attached hydrogens (tertiary/aromatic N) is 4. The average Bonchev–Trinajstić information content (AvgIpc) is 3.03. The van der Waals surface area contributed by atoms with Gasteiger partial charge in [-0.1, -0.05) is 19.6 Å². The van der Waals surface area contributed by atoms with Crippen LogP contribution in [0.1, 0.15) is 14.6 Å². The van der Waals surface area contributed by atoms with Crippen LogP contribution in [0.3, 0.4) is 0 Å². The molecule has 3 rings (SSSR count). The molecule has 3 aromatic rings. The fourth-order valence-electron chi connectivity index (χ4n) is 2.95. The van der Waals surface area contributed by atoms with Crippen LogP contribution in [0.4, 0.5) is 11.5 Å². The number of pyridine rings is 1. The van der Waals surface area contributed by atoms with Gasteiger partial charge in [-0.15, -0.1) is 5.10 Å². The summed E-state index contributed by atoms with van der Waals surface area (Å²) >= 11 is 2.11. The first-order chi connectivity index (χ1) is 16.5. The molecule has 0 radical (unpaired) electrons. The number of halogens is 1. The van der Waals surface area contributed by atoms with Crippen LogP contribution in [0.5, 0.6) is 0 Å². The van der Waals surface area contributed by atoms with Crippen molar-refractivity contribution in [2.45, 2.75) is 37.3 Å². The third-order valence-electron chi connectivity index (χ3n) is 4.69. The number of nitrogens with one attached hydrogen (secondary N) is 2. The number of anilines is 2. The first-order valence-electron chi connectivity index (χ1n) is 11.4. The standard InChI is InChI=1S/C20H27IN6O4SSi/c1-22-20(28)17-15(6-7-23-26-17)24-18-16(32(2,29)30)10-13-14(21)11-27(19(13)25-18)12-31-8-9-33(3,4)5/h6-7,10-11H,8-9,12H2,1-5H3,(H,22,28)(H,23,24,25)/i1D3. The van der Waals surface area contributed by atoms with Crippen LogP contribution >= 0.6 is 22.6 Å². The first kappa shape index (κ1) is 21.4. The lowest BCUT2D eigenvalue weighted by atomic mass is 10.3. The molecule has 0 unspecified atom stereocenters. The molecule has 33 heavy (non-hydrogen) atoms. The van der Waals surface area contributed by atoms with Gasteiger partial charge < -0.3 is 19.9 Å². The lowest BCUT2D eigenvalue weighted by Gasteiger charge is -2.16. The molecule has 0 saturated carbocycles. The molecule has 0 saturated heterocycles. The van der Waals surface area contributed by atoms with E-state index in [2.05, 4.69) is 62.7 Å².